The van der Waals surface area contributed by atoms with Gasteiger partial charge < -0.3 is 9.73 Å². The summed E-state index contributed by atoms with van der Waals surface area (Å²) in [7, 11) is 0. The molecule has 1 amide bonds. The van der Waals surface area contributed by atoms with Gasteiger partial charge in [-0.2, -0.15) is 0 Å². The Hall–Kier alpha value is -2.21. The molecule has 1 aromatic heterocycles. The average Bonchev–Trinajstić information content (AvgIpc) is 3.15. The van der Waals surface area contributed by atoms with Crippen LogP contribution in [-0.4, -0.2) is 41.0 Å². The highest BCUT2D eigenvalue weighted by Crippen LogP contribution is 2.23. The summed E-state index contributed by atoms with van der Waals surface area (Å²) < 4.78 is 19.4. The van der Waals surface area contributed by atoms with Crippen molar-refractivity contribution in [3.05, 3.63) is 42.2 Å². The van der Waals surface area contributed by atoms with Crippen LogP contribution in [0.5, 0.6) is 0 Å². The fourth-order valence-corrected chi connectivity index (χ4v) is 3.45. The van der Waals surface area contributed by atoms with Gasteiger partial charge in [0.05, 0.1) is 11.8 Å². The Morgan fingerprint density at radius 2 is 2.00 bits per heavy atom. The van der Waals surface area contributed by atoms with E-state index in [2.05, 4.69) is 29.0 Å². The second kappa shape index (κ2) is 8.65. The molecule has 1 N–H and O–H groups in total. The number of piperidine rings is 1. The molecule has 0 aliphatic carbocycles. The van der Waals surface area contributed by atoms with Gasteiger partial charge >= 0.3 is 0 Å². The van der Waals surface area contributed by atoms with E-state index in [-0.39, 0.29) is 17.3 Å². The molecule has 5 nitrogen and oxygen atoms in total. The minimum Gasteiger partial charge on any atom is -0.441 e. The Labute approximate surface area is 160 Å². The quantitative estimate of drug-likeness (QED) is 0.802. The Bertz CT molecular complexity index is 766. The number of hydrogen-bond donors (Lipinski definition) is 1. The molecule has 6 heteroatoms. The van der Waals surface area contributed by atoms with Crippen molar-refractivity contribution in [3.8, 4) is 11.3 Å². The normalized spacial score (nSPS) is 15.7. The number of amides is 1. The summed E-state index contributed by atoms with van der Waals surface area (Å²) in [6, 6.07) is 6.41. The van der Waals surface area contributed by atoms with E-state index in [0.717, 1.165) is 13.1 Å². The molecule has 0 saturated carbocycles. The van der Waals surface area contributed by atoms with Crippen LogP contribution < -0.4 is 5.32 Å². The summed E-state index contributed by atoms with van der Waals surface area (Å²) in [5, 5.41) is 3.03. The zero-order valence-electron chi connectivity index (χ0n) is 16.1. The molecule has 1 aliphatic rings. The van der Waals surface area contributed by atoms with Gasteiger partial charge in [-0.1, -0.05) is 18.6 Å². The van der Waals surface area contributed by atoms with Crippen LogP contribution in [0.2, 0.25) is 0 Å². The van der Waals surface area contributed by atoms with E-state index in [1.165, 1.54) is 31.5 Å². The molecule has 1 fully saturated rings. The molecule has 0 unspecified atom stereocenters. The number of rotatable bonds is 7. The lowest BCUT2D eigenvalue weighted by Crippen LogP contribution is -2.53. The molecule has 0 atom stereocenters. The zero-order valence-corrected chi connectivity index (χ0v) is 16.1. The predicted molar refractivity (Wildman–Crippen MR) is 103 cm³/mol. The first kappa shape index (κ1) is 19.5. The average molecular weight is 373 g/mol. The van der Waals surface area contributed by atoms with Gasteiger partial charge in [0.2, 0.25) is 5.91 Å². The van der Waals surface area contributed by atoms with Crippen molar-refractivity contribution in [3.63, 3.8) is 0 Å². The first-order valence-corrected chi connectivity index (χ1v) is 9.67. The van der Waals surface area contributed by atoms with Crippen molar-refractivity contribution < 1.29 is 13.6 Å². The van der Waals surface area contributed by atoms with Crippen molar-refractivity contribution in [1.29, 1.82) is 0 Å². The van der Waals surface area contributed by atoms with Crippen LogP contribution in [0.15, 0.2) is 34.9 Å². The van der Waals surface area contributed by atoms with Gasteiger partial charge in [0, 0.05) is 24.9 Å². The molecular formula is C21H28FN3O2. The minimum atomic E-state index is -0.349. The number of carbonyl (C=O) groups excluding carboxylic acids is 1. The summed E-state index contributed by atoms with van der Waals surface area (Å²) in [5.74, 6) is 0.456. The lowest BCUT2D eigenvalue weighted by Gasteiger charge is -2.41. The SMILES string of the molecule is CC(C)(CNC(=O)CCc1ncc(-c2ccccc2F)o1)N1CCCCC1. The van der Waals surface area contributed by atoms with E-state index in [0.29, 0.717) is 36.6 Å². The number of carbonyl (C=O) groups is 1. The van der Waals surface area contributed by atoms with Crippen molar-refractivity contribution in [1.82, 2.24) is 15.2 Å². The maximum atomic E-state index is 13.8. The van der Waals surface area contributed by atoms with Crippen LogP contribution in [0.4, 0.5) is 4.39 Å². The molecule has 2 heterocycles. The smallest absolute Gasteiger partial charge is 0.220 e. The number of oxazole rings is 1. The molecule has 0 spiro atoms. The number of nitrogens with one attached hydrogen (secondary N) is 1. The molecule has 3 rings (SSSR count). The van der Waals surface area contributed by atoms with E-state index in [4.69, 9.17) is 4.42 Å². The maximum absolute atomic E-state index is 13.8. The Morgan fingerprint density at radius 3 is 2.74 bits per heavy atom. The molecule has 1 aliphatic heterocycles. The molecular weight excluding hydrogens is 345 g/mol. The van der Waals surface area contributed by atoms with E-state index in [1.54, 1.807) is 18.2 Å². The third kappa shape index (κ3) is 5.16. The molecule has 1 aromatic carbocycles. The maximum Gasteiger partial charge on any atom is 0.220 e. The fourth-order valence-electron chi connectivity index (χ4n) is 3.45. The molecule has 0 radical (unpaired) electrons. The molecule has 146 valence electrons. The lowest BCUT2D eigenvalue weighted by atomic mass is 9.98. The summed E-state index contributed by atoms with van der Waals surface area (Å²) in [6.07, 6.45) is 5.95. The highest BCUT2D eigenvalue weighted by atomic mass is 19.1. The molecule has 27 heavy (non-hydrogen) atoms. The van der Waals surface area contributed by atoms with Crippen molar-refractivity contribution in [2.24, 2.45) is 0 Å². The van der Waals surface area contributed by atoms with Gasteiger partial charge in [-0.05, 0) is 51.9 Å². The van der Waals surface area contributed by atoms with Crippen LogP contribution in [0.3, 0.4) is 0 Å². The van der Waals surface area contributed by atoms with E-state index in [1.807, 2.05) is 0 Å². The van der Waals surface area contributed by atoms with Crippen molar-refractivity contribution in [2.45, 2.75) is 51.5 Å². The van der Waals surface area contributed by atoms with Gasteiger partial charge in [-0.3, -0.25) is 9.69 Å². The summed E-state index contributed by atoms with van der Waals surface area (Å²) in [6.45, 7) is 7.16. The molecule has 1 saturated heterocycles. The molecule has 0 bridgehead atoms. The van der Waals surface area contributed by atoms with Crippen LogP contribution in [0.1, 0.15) is 45.4 Å². The Kier molecular flexibility index (Phi) is 6.26. The summed E-state index contributed by atoms with van der Waals surface area (Å²) in [5.41, 5.74) is 0.334. The third-order valence-electron chi connectivity index (χ3n) is 5.19. The van der Waals surface area contributed by atoms with Gasteiger partial charge in [0.25, 0.3) is 0 Å². The summed E-state index contributed by atoms with van der Waals surface area (Å²) in [4.78, 5) is 18.8. The van der Waals surface area contributed by atoms with Crippen LogP contribution in [0, 0.1) is 5.82 Å². The van der Waals surface area contributed by atoms with Gasteiger partial charge in [0.15, 0.2) is 11.7 Å². The van der Waals surface area contributed by atoms with Gasteiger partial charge in [-0.25, -0.2) is 9.37 Å². The third-order valence-corrected chi connectivity index (χ3v) is 5.19. The molecule has 2 aromatic rings. The van der Waals surface area contributed by atoms with E-state index < -0.39 is 0 Å². The fraction of sp³-hybridized carbons (Fsp3) is 0.524. The highest BCUT2D eigenvalue weighted by Gasteiger charge is 2.28. The number of benzene rings is 1. The number of aryl methyl sites for hydroxylation is 1. The number of likely N-dealkylation sites (tertiary alicyclic amines) is 1. The highest BCUT2D eigenvalue weighted by molar-refractivity contribution is 5.76. The Morgan fingerprint density at radius 1 is 1.26 bits per heavy atom. The number of aromatic nitrogens is 1. The van der Waals surface area contributed by atoms with Crippen molar-refractivity contribution >= 4 is 5.91 Å². The summed E-state index contributed by atoms with van der Waals surface area (Å²) >= 11 is 0. The van der Waals surface area contributed by atoms with Crippen molar-refractivity contribution in [2.75, 3.05) is 19.6 Å². The van der Waals surface area contributed by atoms with E-state index in [9.17, 15) is 9.18 Å². The Balaban J connectivity index is 1.47. The lowest BCUT2D eigenvalue weighted by molar-refractivity contribution is -0.121. The number of halogens is 1. The van der Waals surface area contributed by atoms with Gasteiger partial charge in [0.1, 0.15) is 5.82 Å². The predicted octanol–water partition coefficient (Wildman–Crippen LogP) is 3.79. The van der Waals surface area contributed by atoms with Crippen LogP contribution in [0.25, 0.3) is 11.3 Å². The minimum absolute atomic E-state index is 0.0225. The first-order chi connectivity index (χ1) is 13.0. The van der Waals surface area contributed by atoms with Gasteiger partial charge in [-0.15, -0.1) is 0 Å². The zero-order chi connectivity index (χ0) is 19.3. The largest absolute Gasteiger partial charge is 0.441 e. The topological polar surface area (TPSA) is 58.4 Å². The monoisotopic (exact) mass is 373 g/mol. The second-order valence-electron chi connectivity index (χ2n) is 7.73. The number of nitrogens with zero attached hydrogens (tertiary/aromatic N) is 2. The first-order valence-electron chi connectivity index (χ1n) is 9.67. The number of hydrogen-bond acceptors (Lipinski definition) is 4. The van der Waals surface area contributed by atoms with E-state index >= 15 is 0 Å². The van der Waals surface area contributed by atoms with Crippen LogP contribution >= 0.6 is 0 Å². The van der Waals surface area contributed by atoms with Crippen LogP contribution in [-0.2, 0) is 11.2 Å². The standard InChI is InChI=1S/C21H28FN3O2/c1-21(2,25-12-6-3-7-13-25)15-24-19(26)10-11-20-23-14-18(27-20)16-8-4-5-9-17(16)22/h4-5,8-9,14H,3,6-7,10-13,15H2,1-2H3,(H,24,26). The second-order valence-corrected chi connectivity index (χ2v) is 7.73.